The zero-order valence-electron chi connectivity index (χ0n) is 13.2. The first kappa shape index (κ1) is 14.7. The number of H-pyrrole nitrogens is 1. The van der Waals surface area contributed by atoms with Gasteiger partial charge in [0.2, 0.25) is 5.91 Å². The maximum Gasteiger partial charge on any atom is 0.276 e. The van der Waals surface area contributed by atoms with Crippen molar-refractivity contribution in [2.45, 2.75) is 25.8 Å². The second-order valence-electron chi connectivity index (χ2n) is 6.05. The fourth-order valence-corrected chi connectivity index (χ4v) is 3.20. The number of carbonyl (C=O) groups is 1. The van der Waals surface area contributed by atoms with Gasteiger partial charge in [0.1, 0.15) is 0 Å². The summed E-state index contributed by atoms with van der Waals surface area (Å²) in [4.78, 5) is 31.2. The van der Waals surface area contributed by atoms with Crippen LogP contribution in [0.15, 0.2) is 47.4 Å². The van der Waals surface area contributed by atoms with E-state index >= 15 is 0 Å². The molecule has 1 N–H and O–H groups in total. The van der Waals surface area contributed by atoms with Crippen LogP contribution in [0.1, 0.15) is 23.2 Å². The first-order chi connectivity index (χ1) is 11.7. The summed E-state index contributed by atoms with van der Waals surface area (Å²) in [6.07, 6.45) is 3.46. The van der Waals surface area contributed by atoms with Crippen molar-refractivity contribution in [1.29, 1.82) is 0 Å². The number of fused-ring (bicyclic) bond motifs is 2. The molecule has 0 radical (unpaired) electrons. The lowest BCUT2D eigenvalue weighted by molar-refractivity contribution is -0.132. The number of nitrogens with zero attached hydrogens (tertiary/aromatic N) is 3. The van der Waals surface area contributed by atoms with Crippen LogP contribution >= 0.6 is 0 Å². The molecule has 1 aliphatic heterocycles. The van der Waals surface area contributed by atoms with Crippen LogP contribution in [0.4, 0.5) is 0 Å². The van der Waals surface area contributed by atoms with Crippen molar-refractivity contribution in [1.82, 2.24) is 19.5 Å². The van der Waals surface area contributed by atoms with Crippen LogP contribution in [0.25, 0.3) is 5.65 Å². The SMILES string of the molecule is O=C(CCc1ccccc1)N1CCc2c(nc3cc[nH]n3c2=O)C1. The predicted octanol–water partition coefficient (Wildman–Crippen LogP) is 1.54. The van der Waals surface area contributed by atoms with Gasteiger partial charge in [0.15, 0.2) is 5.65 Å². The number of hydrogen-bond acceptors (Lipinski definition) is 3. The van der Waals surface area contributed by atoms with Gasteiger partial charge < -0.3 is 4.90 Å². The maximum atomic E-state index is 12.5. The Bertz CT molecular complexity index is 943. The average Bonchev–Trinajstić information content (AvgIpc) is 3.09. The number of carbonyl (C=O) groups excluding carboxylic acids is 1. The number of amides is 1. The number of hydrogen-bond donors (Lipinski definition) is 1. The highest BCUT2D eigenvalue weighted by Gasteiger charge is 2.24. The summed E-state index contributed by atoms with van der Waals surface area (Å²) < 4.78 is 1.45. The third-order valence-electron chi connectivity index (χ3n) is 4.52. The number of rotatable bonds is 3. The van der Waals surface area contributed by atoms with Gasteiger partial charge in [0.05, 0.1) is 12.2 Å². The maximum absolute atomic E-state index is 12.5. The summed E-state index contributed by atoms with van der Waals surface area (Å²) >= 11 is 0. The summed E-state index contributed by atoms with van der Waals surface area (Å²) in [5.41, 5.74) is 3.13. The topological polar surface area (TPSA) is 70.5 Å². The molecule has 122 valence electrons. The van der Waals surface area contributed by atoms with E-state index in [-0.39, 0.29) is 11.5 Å². The minimum absolute atomic E-state index is 0.0589. The molecule has 0 aliphatic carbocycles. The number of nitrogens with one attached hydrogen (secondary N) is 1. The Labute approximate surface area is 138 Å². The standard InChI is InChI=1S/C18H18N4O2/c23-17(7-6-13-4-2-1-3-5-13)21-11-9-14-15(12-21)20-16-8-10-19-22(16)18(14)24/h1-5,8,10,19H,6-7,9,11-12H2. The number of benzene rings is 1. The lowest BCUT2D eigenvalue weighted by Crippen LogP contribution is -2.39. The lowest BCUT2D eigenvalue weighted by Gasteiger charge is -2.27. The quantitative estimate of drug-likeness (QED) is 0.795. The van der Waals surface area contributed by atoms with Crippen molar-refractivity contribution >= 4 is 11.6 Å². The van der Waals surface area contributed by atoms with Crippen LogP contribution in [-0.4, -0.2) is 31.9 Å². The van der Waals surface area contributed by atoms with Crippen molar-refractivity contribution in [3.05, 3.63) is 69.8 Å². The molecular formula is C18H18N4O2. The normalized spacial score (nSPS) is 13.9. The van der Waals surface area contributed by atoms with Crippen molar-refractivity contribution in [3.63, 3.8) is 0 Å². The molecular weight excluding hydrogens is 304 g/mol. The van der Waals surface area contributed by atoms with Gasteiger partial charge in [-0.25, -0.2) is 9.50 Å². The van der Waals surface area contributed by atoms with Gasteiger partial charge in [0.25, 0.3) is 5.56 Å². The molecule has 0 saturated heterocycles. The highest BCUT2D eigenvalue weighted by molar-refractivity contribution is 5.76. The van der Waals surface area contributed by atoms with E-state index in [2.05, 4.69) is 10.1 Å². The molecule has 3 heterocycles. The van der Waals surface area contributed by atoms with Crippen molar-refractivity contribution in [3.8, 4) is 0 Å². The van der Waals surface area contributed by atoms with E-state index in [4.69, 9.17) is 0 Å². The van der Waals surface area contributed by atoms with Gasteiger partial charge in [-0.3, -0.25) is 14.7 Å². The number of aryl methyl sites for hydroxylation is 1. The molecule has 1 aliphatic rings. The smallest absolute Gasteiger partial charge is 0.276 e. The van der Waals surface area contributed by atoms with Gasteiger partial charge in [-0.05, 0) is 18.4 Å². The van der Waals surface area contributed by atoms with Gasteiger partial charge in [-0.1, -0.05) is 30.3 Å². The van der Waals surface area contributed by atoms with Gasteiger partial charge in [-0.2, -0.15) is 0 Å². The molecule has 0 unspecified atom stereocenters. The van der Waals surface area contributed by atoms with E-state index in [1.54, 1.807) is 17.2 Å². The van der Waals surface area contributed by atoms with E-state index in [1.165, 1.54) is 4.52 Å². The van der Waals surface area contributed by atoms with Crippen LogP contribution in [0, 0.1) is 0 Å². The van der Waals surface area contributed by atoms with Crippen LogP contribution in [0.3, 0.4) is 0 Å². The van der Waals surface area contributed by atoms with Crippen molar-refractivity contribution < 1.29 is 4.79 Å². The molecule has 4 rings (SSSR count). The Morgan fingerprint density at radius 2 is 2.04 bits per heavy atom. The molecule has 6 heteroatoms. The van der Waals surface area contributed by atoms with Crippen LogP contribution in [0.5, 0.6) is 0 Å². The Morgan fingerprint density at radius 1 is 1.21 bits per heavy atom. The van der Waals surface area contributed by atoms with Gasteiger partial charge in [-0.15, -0.1) is 0 Å². The van der Waals surface area contributed by atoms with Gasteiger partial charge in [0, 0.05) is 30.8 Å². The van der Waals surface area contributed by atoms with E-state index in [0.717, 1.165) is 17.7 Å². The molecule has 0 bridgehead atoms. The summed E-state index contributed by atoms with van der Waals surface area (Å²) in [7, 11) is 0. The molecule has 24 heavy (non-hydrogen) atoms. The van der Waals surface area contributed by atoms with Crippen molar-refractivity contribution in [2.24, 2.45) is 0 Å². The molecule has 2 aromatic heterocycles. The van der Waals surface area contributed by atoms with Crippen LogP contribution in [-0.2, 0) is 24.2 Å². The third kappa shape index (κ3) is 2.60. The average molecular weight is 322 g/mol. The van der Waals surface area contributed by atoms with Crippen molar-refractivity contribution in [2.75, 3.05) is 6.54 Å². The highest BCUT2D eigenvalue weighted by Crippen LogP contribution is 2.16. The molecule has 3 aromatic rings. The zero-order valence-corrected chi connectivity index (χ0v) is 13.2. The van der Waals surface area contributed by atoms with E-state index in [9.17, 15) is 9.59 Å². The summed E-state index contributed by atoms with van der Waals surface area (Å²) in [5, 5.41) is 2.87. The number of aromatic amines is 1. The Morgan fingerprint density at radius 3 is 2.88 bits per heavy atom. The van der Waals surface area contributed by atoms with E-state index in [0.29, 0.717) is 37.1 Å². The summed E-state index contributed by atoms with van der Waals surface area (Å²) in [5.74, 6) is 0.112. The van der Waals surface area contributed by atoms with Gasteiger partial charge >= 0.3 is 0 Å². The van der Waals surface area contributed by atoms with E-state index in [1.807, 2.05) is 30.3 Å². The first-order valence-corrected chi connectivity index (χ1v) is 8.12. The predicted molar refractivity (Wildman–Crippen MR) is 89.7 cm³/mol. The highest BCUT2D eigenvalue weighted by atomic mass is 16.2. The zero-order chi connectivity index (χ0) is 16.5. The second-order valence-corrected chi connectivity index (χ2v) is 6.05. The lowest BCUT2D eigenvalue weighted by atomic mass is 10.0. The largest absolute Gasteiger partial charge is 0.336 e. The third-order valence-corrected chi connectivity index (χ3v) is 4.52. The molecule has 0 saturated carbocycles. The molecule has 0 fully saturated rings. The summed E-state index contributed by atoms with van der Waals surface area (Å²) in [6, 6.07) is 11.8. The first-order valence-electron chi connectivity index (χ1n) is 8.12. The van der Waals surface area contributed by atoms with Crippen LogP contribution in [0.2, 0.25) is 0 Å². The summed E-state index contributed by atoms with van der Waals surface area (Å²) in [6.45, 7) is 0.990. The monoisotopic (exact) mass is 322 g/mol. The molecule has 0 atom stereocenters. The Kier molecular flexibility index (Phi) is 3.65. The number of aromatic nitrogens is 3. The fraction of sp³-hybridized carbons (Fsp3) is 0.278. The fourth-order valence-electron chi connectivity index (χ4n) is 3.20. The molecule has 0 spiro atoms. The molecule has 1 aromatic carbocycles. The minimum atomic E-state index is -0.0589. The minimum Gasteiger partial charge on any atom is -0.336 e. The molecule has 6 nitrogen and oxygen atoms in total. The Balaban J connectivity index is 1.50. The van der Waals surface area contributed by atoms with E-state index < -0.39 is 0 Å². The molecule has 1 amide bonds. The Hall–Kier alpha value is -2.89. The van der Waals surface area contributed by atoms with Crippen LogP contribution < -0.4 is 5.56 Å². The second kappa shape index (κ2) is 5.96.